The molecule has 0 heterocycles. The van der Waals surface area contributed by atoms with Crippen LogP contribution in [0, 0.1) is 0 Å². The van der Waals surface area contributed by atoms with Crippen molar-refractivity contribution in [2.45, 2.75) is 16.7 Å². The average molecular weight is 480 g/mol. The number of amides is 1. The number of hydrogen-bond donors (Lipinski definition) is 3. The second kappa shape index (κ2) is 8.96. The Balaban J connectivity index is 1.81. The van der Waals surface area contributed by atoms with E-state index < -0.39 is 20.0 Å². The molecule has 3 aromatic carbocycles. The normalized spacial score (nSPS) is 11.5. The van der Waals surface area contributed by atoms with Crippen LogP contribution in [-0.2, 0) is 24.8 Å². The van der Waals surface area contributed by atoms with Crippen molar-refractivity contribution in [3.05, 3.63) is 77.8 Å². The largest absolute Gasteiger partial charge is 0.326 e. The third-order valence-corrected chi connectivity index (χ3v) is 6.97. The summed E-state index contributed by atoms with van der Waals surface area (Å²) < 4.78 is 55.4. The van der Waals surface area contributed by atoms with E-state index in [1.807, 2.05) is 0 Å². The zero-order valence-corrected chi connectivity index (χ0v) is 18.6. The van der Waals surface area contributed by atoms with Gasteiger partial charge in [-0.1, -0.05) is 23.7 Å². The van der Waals surface area contributed by atoms with E-state index in [4.69, 9.17) is 11.6 Å². The number of benzene rings is 3. The fraction of sp³-hybridized carbons (Fsp3) is 0.0500. The Morgan fingerprint density at radius 3 is 1.84 bits per heavy atom. The Morgan fingerprint density at radius 1 is 0.710 bits per heavy atom. The molecular formula is C20H18ClN3O5S2. The van der Waals surface area contributed by atoms with Gasteiger partial charge in [-0.25, -0.2) is 16.8 Å². The van der Waals surface area contributed by atoms with Crippen LogP contribution in [0.1, 0.15) is 6.92 Å². The first-order valence-corrected chi connectivity index (χ1v) is 12.2. The van der Waals surface area contributed by atoms with Gasteiger partial charge in [0.1, 0.15) is 0 Å². The highest BCUT2D eigenvalue weighted by Gasteiger charge is 2.18. The summed E-state index contributed by atoms with van der Waals surface area (Å²) in [6, 6.07) is 17.2. The zero-order chi connectivity index (χ0) is 22.6. The van der Waals surface area contributed by atoms with Crippen molar-refractivity contribution in [3.8, 4) is 0 Å². The smallest absolute Gasteiger partial charge is 0.261 e. The zero-order valence-electron chi connectivity index (χ0n) is 16.2. The van der Waals surface area contributed by atoms with Crippen LogP contribution in [0.25, 0.3) is 0 Å². The minimum Gasteiger partial charge on any atom is -0.326 e. The molecular weight excluding hydrogens is 462 g/mol. The van der Waals surface area contributed by atoms with E-state index in [-0.39, 0.29) is 27.1 Å². The van der Waals surface area contributed by atoms with E-state index in [0.29, 0.717) is 10.7 Å². The van der Waals surface area contributed by atoms with Crippen LogP contribution in [0.4, 0.5) is 17.1 Å². The number of carbonyl (C=O) groups excluding carboxylic acids is 1. The molecule has 0 aliphatic rings. The molecule has 0 radical (unpaired) electrons. The summed E-state index contributed by atoms with van der Waals surface area (Å²) >= 11 is 5.88. The van der Waals surface area contributed by atoms with Gasteiger partial charge >= 0.3 is 0 Å². The molecule has 3 aromatic rings. The lowest BCUT2D eigenvalue weighted by Crippen LogP contribution is -2.15. The molecule has 0 fully saturated rings. The Hall–Kier alpha value is -3.08. The molecule has 11 heteroatoms. The lowest BCUT2D eigenvalue weighted by atomic mass is 10.3. The molecule has 0 spiro atoms. The Morgan fingerprint density at radius 2 is 1.26 bits per heavy atom. The van der Waals surface area contributed by atoms with Crippen LogP contribution in [0.3, 0.4) is 0 Å². The van der Waals surface area contributed by atoms with Gasteiger partial charge in [0.25, 0.3) is 20.0 Å². The molecule has 0 saturated heterocycles. The van der Waals surface area contributed by atoms with Gasteiger partial charge in [0.2, 0.25) is 5.91 Å². The Bertz CT molecular complexity index is 1320. The molecule has 31 heavy (non-hydrogen) atoms. The van der Waals surface area contributed by atoms with Crippen molar-refractivity contribution in [2.24, 2.45) is 0 Å². The molecule has 0 atom stereocenters. The number of nitrogens with one attached hydrogen (secondary N) is 3. The van der Waals surface area contributed by atoms with Gasteiger partial charge in [-0.15, -0.1) is 0 Å². The van der Waals surface area contributed by atoms with Crippen molar-refractivity contribution < 1.29 is 21.6 Å². The second-order valence-corrected chi connectivity index (χ2v) is 10.3. The number of rotatable bonds is 7. The summed E-state index contributed by atoms with van der Waals surface area (Å²) in [5.41, 5.74) is 0.796. The third-order valence-electron chi connectivity index (χ3n) is 3.96. The van der Waals surface area contributed by atoms with E-state index in [2.05, 4.69) is 14.8 Å². The van der Waals surface area contributed by atoms with Crippen LogP contribution in [0.15, 0.2) is 82.6 Å². The molecule has 0 saturated carbocycles. The summed E-state index contributed by atoms with van der Waals surface area (Å²) in [5, 5.41) is 2.91. The highest BCUT2D eigenvalue weighted by Crippen LogP contribution is 2.23. The minimum atomic E-state index is -3.98. The van der Waals surface area contributed by atoms with E-state index in [0.717, 1.165) is 0 Å². The van der Waals surface area contributed by atoms with Gasteiger partial charge in [-0.05, 0) is 60.7 Å². The number of sulfonamides is 2. The summed E-state index contributed by atoms with van der Waals surface area (Å²) in [7, 11) is -7.95. The first-order valence-electron chi connectivity index (χ1n) is 8.84. The van der Waals surface area contributed by atoms with Gasteiger partial charge in [-0.2, -0.15) is 0 Å². The number of hydrogen-bond acceptors (Lipinski definition) is 5. The number of halogens is 1. The maximum absolute atomic E-state index is 12.7. The Kier molecular flexibility index (Phi) is 6.54. The summed E-state index contributed by atoms with van der Waals surface area (Å²) in [6.07, 6.45) is 0. The molecule has 0 aliphatic heterocycles. The fourth-order valence-electron chi connectivity index (χ4n) is 2.63. The third kappa shape index (κ3) is 5.97. The van der Waals surface area contributed by atoms with Crippen LogP contribution in [-0.4, -0.2) is 22.7 Å². The summed E-state index contributed by atoms with van der Waals surface area (Å²) in [6.45, 7) is 1.34. The lowest BCUT2D eigenvalue weighted by molar-refractivity contribution is -0.114. The maximum atomic E-state index is 12.7. The maximum Gasteiger partial charge on any atom is 0.261 e. The van der Waals surface area contributed by atoms with Crippen molar-refractivity contribution in [1.29, 1.82) is 0 Å². The highest BCUT2D eigenvalue weighted by molar-refractivity contribution is 7.93. The van der Waals surface area contributed by atoms with Crippen molar-refractivity contribution in [3.63, 3.8) is 0 Å². The van der Waals surface area contributed by atoms with E-state index in [1.54, 1.807) is 18.2 Å². The van der Waals surface area contributed by atoms with Crippen LogP contribution in [0.5, 0.6) is 0 Å². The Labute approximate surface area is 185 Å². The van der Waals surface area contributed by atoms with Gasteiger partial charge in [0.15, 0.2) is 0 Å². The predicted molar refractivity (Wildman–Crippen MR) is 120 cm³/mol. The van der Waals surface area contributed by atoms with Crippen LogP contribution < -0.4 is 14.8 Å². The SMILES string of the molecule is CC(=O)Nc1ccc(S(=O)(=O)Nc2cccc(S(=O)(=O)Nc3cccc(Cl)c3)c2)cc1. The van der Waals surface area contributed by atoms with Crippen molar-refractivity contribution >= 4 is 54.6 Å². The summed E-state index contributed by atoms with van der Waals surface area (Å²) in [4.78, 5) is 10.9. The van der Waals surface area contributed by atoms with Gasteiger partial charge in [0.05, 0.1) is 21.2 Å². The van der Waals surface area contributed by atoms with Crippen molar-refractivity contribution in [2.75, 3.05) is 14.8 Å². The molecule has 0 unspecified atom stereocenters. The first kappa shape index (κ1) is 22.6. The minimum absolute atomic E-state index is 0.0492. The highest BCUT2D eigenvalue weighted by atomic mass is 35.5. The molecule has 8 nitrogen and oxygen atoms in total. The molecule has 1 amide bonds. The predicted octanol–water partition coefficient (Wildman–Crippen LogP) is 3.90. The average Bonchev–Trinajstić information content (AvgIpc) is 2.67. The lowest BCUT2D eigenvalue weighted by Gasteiger charge is -2.12. The summed E-state index contributed by atoms with van der Waals surface area (Å²) in [5.74, 6) is -0.280. The molecule has 3 rings (SSSR count). The van der Waals surface area contributed by atoms with Gasteiger partial charge in [0, 0.05) is 17.6 Å². The van der Waals surface area contributed by atoms with Crippen LogP contribution >= 0.6 is 11.6 Å². The van der Waals surface area contributed by atoms with Gasteiger partial charge in [-0.3, -0.25) is 14.2 Å². The molecule has 162 valence electrons. The monoisotopic (exact) mass is 479 g/mol. The number of carbonyl (C=O) groups is 1. The van der Waals surface area contributed by atoms with Crippen LogP contribution in [0.2, 0.25) is 5.02 Å². The topological polar surface area (TPSA) is 121 Å². The number of anilines is 3. The standard InChI is InChI=1S/C20H18ClN3O5S2/c1-14(25)22-16-8-10-19(11-9-16)30(26,27)24-18-6-3-7-20(13-18)31(28,29)23-17-5-2-4-15(21)12-17/h2-13,23-24H,1H3,(H,22,25). The quantitative estimate of drug-likeness (QED) is 0.474. The second-order valence-electron chi connectivity index (χ2n) is 6.45. The van der Waals surface area contributed by atoms with E-state index >= 15 is 0 Å². The fourth-order valence-corrected chi connectivity index (χ4v) is 4.96. The molecule has 0 aromatic heterocycles. The molecule has 3 N–H and O–H groups in total. The van der Waals surface area contributed by atoms with Crippen molar-refractivity contribution in [1.82, 2.24) is 0 Å². The van der Waals surface area contributed by atoms with E-state index in [9.17, 15) is 21.6 Å². The first-order chi connectivity index (χ1) is 14.5. The van der Waals surface area contributed by atoms with Gasteiger partial charge < -0.3 is 5.32 Å². The molecule has 0 bridgehead atoms. The van der Waals surface area contributed by atoms with E-state index in [1.165, 1.54) is 61.5 Å². The molecule has 0 aliphatic carbocycles.